The highest BCUT2D eigenvalue weighted by Crippen LogP contribution is 2.28. The average molecular weight is 205 g/mol. The molecule has 3 nitrogen and oxygen atoms in total. The lowest BCUT2D eigenvalue weighted by Gasteiger charge is -2.04. The van der Waals surface area contributed by atoms with Crippen LogP contribution in [0.1, 0.15) is 0 Å². The van der Waals surface area contributed by atoms with Crippen molar-refractivity contribution in [1.82, 2.24) is 4.98 Å². The van der Waals surface area contributed by atoms with Gasteiger partial charge >= 0.3 is 0 Å². The number of benzene rings is 1. The van der Waals surface area contributed by atoms with Gasteiger partial charge in [0.2, 0.25) is 0 Å². The molecule has 0 amide bonds. The van der Waals surface area contributed by atoms with E-state index in [0.29, 0.717) is 16.7 Å². The molecule has 0 aliphatic heterocycles. The van der Waals surface area contributed by atoms with Crippen LogP contribution in [0.15, 0.2) is 30.5 Å². The number of aromatic hydroxyl groups is 1. The Morgan fingerprint density at radius 2 is 2.21 bits per heavy atom. The summed E-state index contributed by atoms with van der Waals surface area (Å²) in [4.78, 5) is 4.11. The van der Waals surface area contributed by atoms with Gasteiger partial charge < -0.3 is 9.84 Å². The van der Waals surface area contributed by atoms with Crippen molar-refractivity contribution in [3.05, 3.63) is 30.5 Å². The zero-order valence-corrected chi connectivity index (χ0v) is 7.99. The highest BCUT2D eigenvalue weighted by atomic mass is 32.1. The molecule has 14 heavy (non-hydrogen) atoms. The maximum Gasteiger partial charge on any atom is 0.154 e. The monoisotopic (exact) mass is 205 g/mol. The van der Waals surface area contributed by atoms with Crippen molar-refractivity contribution >= 4 is 28.7 Å². The van der Waals surface area contributed by atoms with E-state index in [4.69, 9.17) is 4.74 Å². The van der Waals surface area contributed by atoms with Gasteiger partial charge in [0, 0.05) is 11.6 Å². The van der Waals surface area contributed by atoms with Crippen LogP contribution in [0.3, 0.4) is 0 Å². The minimum atomic E-state index is 0.185. The summed E-state index contributed by atoms with van der Waals surface area (Å²) in [5.41, 5.74) is 1.77. The van der Waals surface area contributed by atoms with Gasteiger partial charge in [0.15, 0.2) is 11.3 Å². The molecule has 4 heteroatoms. The first-order valence-electron chi connectivity index (χ1n) is 4.00. The Balaban J connectivity index is 2.74. The first kappa shape index (κ1) is 8.90. The zero-order valence-electron chi connectivity index (χ0n) is 7.18. The summed E-state index contributed by atoms with van der Waals surface area (Å²) in [5.74, 6) is 0.734. The summed E-state index contributed by atoms with van der Waals surface area (Å²) in [5, 5.41) is 10.2. The summed E-state index contributed by atoms with van der Waals surface area (Å²) in [7, 11) is 0. The Morgan fingerprint density at radius 1 is 1.36 bits per heavy atom. The molecule has 0 atom stereocenters. The summed E-state index contributed by atoms with van der Waals surface area (Å²) in [6.07, 6.45) is 1.52. The smallest absolute Gasteiger partial charge is 0.154 e. The molecule has 0 unspecified atom stereocenters. The lowest BCUT2D eigenvalue weighted by Crippen LogP contribution is -1.89. The molecule has 2 rings (SSSR count). The van der Waals surface area contributed by atoms with E-state index in [9.17, 15) is 5.11 Å². The maximum atomic E-state index is 9.53. The van der Waals surface area contributed by atoms with E-state index in [1.54, 1.807) is 18.2 Å². The van der Waals surface area contributed by atoms with Crippen molar-refractivity contribution in [1.29, 1.82) is 0 Å². The second-order valence-electron chi connectivity index (χ2n) is 2.70. The van der Waals surface area contributed by atoms with E-state index in [1.807, 2.05) is 0 Å². The van der Waals surface area contributed by atoms with Gasteiger partial charge in [-0.25, -0.2) is 0 Å². The average Bonchev–Trinajstić information content (AvgIpc) is 2.20. The molecule has 0 saturated carbocycles. The van der Waals surface area contributed by atoms with E-state index in [2.05, 4.69) is 17.2 Å². The number of fused-ring (bicyclic) bond motifs is 1. The molecule has 1 aromatic carbocycles. The van der Waals surface area contributed by atoms with Crippen LogP contribution in [-0.4, -0.2) is 15.6 Å². The molecular weight excluding hydrogens is 198 g/mol. The standard InChI is InChI=1S/C10H7NO2S/c12-8-4-5-11-10-7(8)2-1-3-9(10)13-6-14/h1-6H,(H,11,12). The fourth-order valence-electron chi connectivity index (χ4n) is 1.28. The molecule has 1 aromatic heterocycles. The third-order valence-corrected chi connectivity index (χ3v) is 1.98. The Bertz CT molecular complexity index is 485. The second-order valence-corrected chi connectivity index (χ2v) is 2.89. The third-order valence-electron chi connectivity index (χ3n) is 1.89. The third kappa shape index (κ3) is 1.40. The van der Waals surface area contributed by atoms with Gasteiger partial charge in [0.1, 0.15) is 11.3 Å². The van der Waals surface area contributed by atoms with Crippen LogP contribution < -0.4 is 4.74 Å². The van der Waals surface area contributed by atoms with E-state index >= 15 is 0 Å². The summed E-state index contributed by atoms with van der Waals surface area (Å²) >= 11 is 4.59. The van der Waals surface area contributed by atoms with E-state index < -0.39 is 0 Å². The predicted molar refractivity (Wildman–Crippen MR) is 57.7 cm³/mol. The first-order valence-corrected chi connectivity index (χ1v) is 4.47. The van der Waals surface area contributed by atoms with Gasteiger partial charge in [0.05, 0.1) is 0 Å². The van der Waals surface area contributed by atoms with Crippen LogP contribution in [0.4, 0.5) is 0 Å². The molecule has 2 aromatic rings. The van der Waals surface area contributed by atoms with Gasteiger partial charge in [-0.1, -0.05) is 6.07 Å². The number of aromatic nitrogens is 1. The number of thiocarbonyl (C=S) groups is 1. The van der Waals surface area contributed by atoms with E-state index in [1.165, 1.54) is 17.8 Å². The summed E-state index contributed by atoms with van der Waals surface area (Å²) in [6.45, 7) is 0. The van der Waals surface area contributed by atoms with Crippen LogP contribution in [0.2, 0.25) is 0 Å². The number of rotatable bonds is 2. The van der Waals surface area contributed by atoms with Crippen molar-refractivity contribution in [2.45, 2.75) is 0 Å². The van der Waals surface area contributed by atoms with Crippen molar-refractivity contribution in [2.75, 3.05) is 0 Å². The Morgan fingerprint density at radius 3 is 3.00 bits per heavy atom. The molecule has 70 valence electrons. The lowest BCUT2D eigenvalue weighted by molar-refractivity contribution is 0.481. The first-order chi connectivity index (χ1) is 6.83. The minimum absolute atomic E-state index is 0.185. The Labute approximate surface area is 86.0 Å². The molecule has 0 saturated heterocycles. The fourth-order valence-corrected chi connectivity index (χ4v) is 1.38. The number of ether oxygens (including phenoxy) is 1. The van der Waals surface area contributed by atoms with Crippen LogP contribution in [0, 0.1) is 0 Å². The zero-order chi connectivity index (χ0) is 9.97. The molecule has 0 fully saturated rings. The van der Waals surface area contributed by atoms with Crippen LogP contribution in [-0.2, 0) is 0 Å². The largest absolute Gasteiger partial charge is 0.507 e. The molecule has 1 heterocycles. The second kappa shape index (κ2) is 3.59. The van der Waals surface area contributed by atoms with Gasteiger partial charge in [-0.05, 0) is 30.4 Å². The number of para-hydroxylation sites is 1. The van der Waals surface area contributed by atoms with Gasteiger partial charge in [-0.15, -0.1) is 0 Å². The van der Waals surface area contributed by atoms with Crippen LogP contribution >= 0.6 is 12.2 Å². The number of pyridine rings is 1. The number of nitrogens with zero attached hydrogens (tertiary/aromatic N) is 1. The minimum Gasteiger partial charge on any atom is -0.507 e. The van der Waals surface area contributed by atoms with Crippen molar-refractivity contribution in [3.63, 3.8) is 0 Å². The van der Waals surface area contributed by atoms with E-state index in [-0.39, 0.29) is 5.75 Å². The summed E-state index contributed by atoms with van der Waals surface area (Å²) in [6, 6.07) is 6.83. The topological polar surface area (TPSA) is 42.4 Å². The van der Waals surface area contributed by atoms with Crippen LogP contribution in [0.25, 0.3) is 10.9 Å². The number of hydrogen-bond donors (Lipinski definition) is 1. The molecule has 1 N–H and O–H groups in total. The van der Waals surface area contributed by atoms with E-state index in [0.717, 1.165) is 0 Å². The Kier molecular flexibility index (Phi) is 2.28. The molecule has 0 spiro atoms. The fraction of sp³-hybridized carbons (Fsp3) is 0. The molecule has 0 radical (unpaired) electrons. The molecule has 0 bridgehead atoms. The SMILES string of the molecule is Oc1ccnc2c(OC=S)cccc12. The lowest BCUT2D eigenvalue weighted by atomic mass is 10.2. The summed E-state index contributed by atoms with van der Waals surface area (Å²) < 4.78 is 5.09. The molecule has 0 aliphatic carbocycles. The van der Waals surface area contributed by atoms with Crippen molar-refractivity contribution in [3.8, 4) is 11.5 Å². The normalized spacial score (nSPS) is 10.0. The van der Waals surface area contributed by atoms with Crippen LogP contribution in [0.5, 0.6) is 11.5 Å². The van der Waals surface area contributed by atoms with Gasteiger partial charge in [0.25, 0.3) is 0 Å². The van der Waals surface area contributed by atoms with Crippen molar-refractivity contribution in [2.24, 2.45) is 0 Å². The molecular formula is C10H7NO2S. The Hall–Kier alpha value is -1.68. The number of hydrogen-bond acceptors (Lipinski definition) is 4. The quantitative estimate of drug-likeness (QED) is 0.764. The van der Waals surface area contributed by atoms with Gasteiger partial charge in [-0.3, -0.25) is 4.98 Å². The highest BCUT2D eigenvalue weighted by Gasteiger charge is 2.04. The predicted octanol–water partition coefficient (Wildman–Crippen LogP) is 2.28. The van der Waals surface area contributed by atoms with Crippen molar-refractivity contribution < 1.29 is 9.84 Å². The maximum absolute atomic E-state index is 9.53. The van der Waals surface area contributed by atoms with Gasteiger partial charge in [-0.2, -0.15) is 0 Å². The molecule has 0 aliphatic rings. The highest BCUT2D eigenvalue weighted by molar-refractivity contribution is 7.78.